The van der Waals surface area contributed by atoms with Gasteiger partial charge in [-0.05, 0) is 11.6 Å². The van der Waals surface area contributed by atoms with Crippen molar-refractivity contribution >= 4 is 0 Å². The highest BCUT2D eigenvalue weighted by atomic mass is 19.4. The van der Waals surface area contributed by atoms with Crippen LogP contribution in [0.3, 0.4) is 0 Å². The molecule has 0 heterocycles. The van der Waals surface area contributed by atoms with Crippen molar-refractivity contribution in [3.8, 4) is 0 Å². The molecule has 108 valence electrons. The molecule has 0 saturated heterocycles. The first-order valence-corrected chi connectivity index (χ1v) is 5.86. The zero-order valence-corrected chi connectivity index (χ0v) is 11.0. The summed E-state index contributed by atoms with van der Waals surface area (Å²) in [5, 5.41) is 2.94. The Labute approximate surface area is 110 Å². The molecule has 0 aromatic heterocycles. The van der Waals surface area contributed by atoms with E-state index < -0.39 is 11.7 Å². The molecular formula is C13H18F3NO2. The van der Waals surface area contributed by atoms with Gasteiger partial charge in [-0.15, -0.1) is 0 Å². The Bertz CT molecular complexity index is 382. The van der Waals surface area contributed by atoms with Crippen LogP contribution in [0, 0.1) is 0 Å². The van der Waals surface area contributed by atoms with E-state index in [1.165, 1.54) is 19.2 Å². The number of hydrogen-bond donors (Lipinski definition) is 1. The van der Waals surface area contributed by atoms with Crippen LogP contribution in [0.5, 0.6) is 0 Å². The largest absolute Gasteiger partial charge is 0.416 e. The first-order chi connectivity index (χ1) is 8.99. The lowest BCUT2D eigenvalue weighted by Crippen LogP contribution is -2.32. The van der Waals surface area contributed by atoms with Crippen molar-refractivity contribution in [3.63, 3.8) is 0 Å². The Balaban J connectivity index is 2.58. The number of nitrogens with one attached hydrogen (secondary N) is 1. The van der Waals surface area contributed by atoms with Gasteiger partial charge in [0, 0.05) is 27.3 Å². The van der Waals surface area contributed by atoms with Gasteiger partial charge in [-0.1, -0.05) is 18.2 Å². The second-order valence-electron chi connectivity index (χ2n) is 4.10. The van der Waals surface area contributed by atoms with Gasteiger partial charge in [0.2, 0.25) is 0 Å². The normalized spacial score (nSPS) is 13.5. The molecule has 3 nitrogen and oxygen atoms in total. The Morgan fingerprint density at radius 1 is 1.21 bits per heavy atom. The highest BCUT2D eigenvalue weighted by molar-refractivity contribution is 5.29. The topological polar surface area (TPSA) is 30.5 Å². The standard InChI is InChI=1S/C13H18F3NO2/c1-18-9-11(19-2)8-17-7-10-5-3-4-6-12(10)13(14,15)16/h3-6,11,17H,7-9H2,1-2H3. The van der Waals surface area contributed by atoms with Crippen LogP contribution < -0.4 is 5.32 Å². The molecule has 0 saturated carbocycles. The Kier molecular flexibility index (Phi) is 6.27. The summed E-state index contributed by atoms with van der Waals surface area (Å²) in [6.45, 7) is 0.959. The van der Waals surface area contributed by atoms with E-state index in [1.54, 1.807) is 13.2 Å². The summed E-state index contributed by atoms with van der Waals surface area (Å²) in [5.74, 6) is 0. The van der Waals surface area contributed by atoms with Crippen molar-refractivity contribution in [2.45, 2.75) is 18.8 Å². The number of alkyl halides is 3. The maximum atomic E-state index is 12.7. The van der Waals surface area contributed by atoms with Crippen molar-refractivity contribution in [3.05, 3.63) is 35.4 Å². The molecule has 6 heteroatoms. The maximum Gasteiger partial charge on any atom is 0.416 e. The average molecular weight is 277 g/mol. The number of rotatable bonds is 7. The molecule has 0 aliphatic rings. The second kappa shape index (κ2) is 7.47. The SMILES string of the molecule is COCC(CNCc1ccccc1C(F)(F)F)OC. The van der Waals surface area contributed by atoms with Crippen LogP contribution in [0.1, 0.15) is 11.1 Å². The first-order valence-electron chi connectivity index (χ1n) is 5.86. The fourth-order valence-electron chi connectivity index (χ4n) is 1.72. The summed E-state index contributed by atoms with van der Waals surface area (Å²) in [4.78, 5) is 0. The van der Waals surface area contributed by atoms with Crippen LogP contribution in [-0.2, 0) is 22.2 Å². The van der Waals surface area contributed by atoms with E-state index in [2.05, 4.69) is 5.32 Å². The average Bonchev–Trinajstić information content (AvgIpc) is 2.37. The van der Waals surface area contributed by atoms with E-state index in [-0.39, 0.29) is 18.2 Å². The number of ether oxygens (including phenoxy) is 2. The molecule has 0 radical (unpaired) electrons. The highest BCUT2D eigenvalue weighted by Gasteiger charge is 2.32. The smallest absolute Gasteiger partial charge is 0.382 e. The second-order valence-corrected chi connectivity index (χ2v) is 4.10. The minimum atomic E-state index is -4.33. The van der Waals surface area contributed by atoms with Crippen LogP contribution in [0.25, 0.3) is 0 Å². The predicted molar refractivity (Wildman–Crippen MR) is 65.8 cm³/mol. The molecule has 0 aliphatic carbocycles. The molecule has 1 rings (SSSR count). The molecule has 0 fully saturated rings. The maximum absolute atomic E-state index is 12.7. The summed E-state index contributed by atoms with van der Waals surface area (Å²) >= 11 is 0. The van der Waals surface area contributed by atoms with Crippen molar-refractivity contribution in [1.29, 1.82) is 0 Å². The molecule has 1 N–H and O–H groups in total. The Hall–Kier alpha value is -1.11. The Morgan fingerprint density at radius 2 is 1.89 bits per heavy atom. The van der Waals surface area contributed by atoms with Crippen LogP contribution >= 0.6 is 0 Å². The van der Waals surface area contributed by atoms with Crippen LogP contribution in [-0.4, -0.2) is 33.5 Å². The quantitative estimate of drug-likeness (QED) is 0.830. The number of methoxy groups -OCH3 is 2. The van der Waals surface area contributed by atoms with Crippen molar-refractivity contribution < 1.29 is 22.6 Å². The van der Waals surface area contributed by atoms with E-state index in [0.717, 1.165) is 6.07 Å². The van der Waals surface area contributed by atoms with Gasteiger partial charge in [0.15, 0.2) is 0 Å². The number of benzene rings is 1. The van der Waals surface area contributed by atoms with Crippen molar-refractivity contribution in [2.75, 3.05) is 27.4 Å². The zero-order valence-electron chi connectivity index (χ0n) is 11.0. The zero-order chi connectivity index (χ0) is 14.3. The third kappa shape index (κ3) is 5.18. The van der Waals surface area contributed by atoms with Gasteiger partial charge in [0.05, 0.1) is 18.3 Å². The fraction of sp³-hybridized carbons (Fsp3) is 0.538. The molecule has 0 bridgehead atoms. The lowest BCUT2D eigenvalue weighted by atomic mass is 10.1. The number of hydrogen-bond acceptors (Lipinski definition) is 3. The first kappa shape index (κ1) is 15.9. The van der Waals surface area contributed by atoms with E-state index in [9.17, 15) is 13.2 Å². The third-order valence-corrected chi connectivity index (χ3v) is 2.70. The molecular weight excluding hydrogens is 259 g/mol. The van der Waals surface area contributed by atoms with E-state index >= 15 is 0 Å². The van der Waals surface area contributed by atoms with Gasteiger partial charge in [0.1, 0.15) is 0 Å². The Morgan fingerprint density at radius 3 is 2.47 bits per heavy atom. The van der Waals surface area contributed by atoms with Gasteiger partial charge in [-0.25, -0.2) is 0 Å². The van der Waals surface area contributed by atoms with E-state index in [4.69, 9.17) is 9.47 Å². The van der Waals surface area contributed by atoms with Gasteiger partial charge < -0.3 is 14.8 Å². The lowest BCUT2D eigenvalue weighted by molar-refractivity contribution is -0.138. The summed E-state index contributed by atoms with van der Waals surface area (Å²) in [5.41, 5.74) is -0.384. The van der Waals surface area contributed by atoms with Crippen molar-refractivity contribution in [1.82, 2.24) is 5.32 Å². The van der Waals surface area contributed by atoms with Gasteiger partial charge in [0.25, 0.3) is 0 Å². The summed E-state index contributed by atoms with van der Waals surface area (Å²) in [6.07, 6.45) is -4.51. The highest BCUT2D eigenvalue weighted by Crippen LogP contribution is 2.31. The molecule has 0 amide bonds. The summed E-state index contributed by atoms with van der Waals surface area (Å²) in [7, 11) is 3.08. The number of halogens is 3. The fourth-order valence-corrected chi connectivity index (χ4v) is 1.72. The molecule has 1 unspecified atom stereocenters. The van der Waals surface area contributed by atoms with Gasteiger partial charge >= 0.3 is 6.18 Å². The van der Waals surface area contributed by atoms with Gasteiger partial charge in [-0.2, -0.15) is 13.2 Å². The third-order valence-electron chi connectivity index (χ3n) is 2.70. The van der Waals surface area contributed by atoms with Crippen molar-refractivity contribution in [2.24, 2.45) is 0 Å². The summed E-state index contributed by atoms with van der Waals surface area (Å²) < 4.78 is 48.3. The van der Waals surface area contributed by atoms with Crippen LogP contribution in [0.2, 0.25) is 0 Å². The minimum absolute atomic E-state index is 0.138. The van der Waals surface area contributed by atoms with E-state index in [1.807, 2.05) is 0 Å². The minimum Gasteiger partial charge on any atom is -0.382 e. The van der Waals surface area contributed by atoms with Gasteiger partial charge in [-0.3, -0.25) is 0 Å². The molecule has 0 spiro atoms. The summed E-state index contributed by atoms with van der Waals surface area (Å²) in [6, 6.07) is 5.53. The lowest BCUT2D eigenvalue weighted by Gasteiger charge is -2.17. The monoisotopic (exact) mass is 277 g/mol. The molecule has 19 heavy (non-hydrogen) atoms. The predicted octanol–water partition coefficient (Wildman–Crippen LogP) is 2.46. The molecule has 1 aromatic carbocycles. The van der Waals surface area contributed by atoms with E-state index in [0.29, 0.717) is 13.2 Å². The molecule has 1 aromatic rings. The van der Waals surface area contributed by atoms with Crippen LogP contribution in [0.4, 0.5) is 13.2 Å². The van der Waals surface area contributed by atoms with Crippen LogP contribution in [0.15, 0.2) is 24.3 Å². The molecule has 0 aliphatic heterocycles. The molecule has 1 atom stereocenters.